The number of aromatic nitrogens is 2. The fourth-order valence-electron chi connectivity index (χ4n) is 12.3. The van der Waals surface area contributed by atoms with E-state index in [1.165, 1.54) is 24.0 Å². The molecule has 11 rings (SSSR count). The number of hydrogen-bond acceptors (Lipinski definition) is 4. The van der Waals surface area contributed by atoms with Crippen molar-refractivity contribution in [3.8, 4) is 0 Å². The predicted octanol–water partition coefficient (Wildman–Crippen LogP) is 12.4. The number of rotatable bonds is 12. The monoisotopic (exact) mass is 770 g/mol. The molecule has 0 spiro atoms. The van der Waals surface area contributed by atoms with Gasteiger partial charge in [-0.25, -0.2) is 0 Å². The second-order valence-corrected chi connectivity index (χ2v) is 18.5. The summed E-state index contributed by atoms with van der Waals surface area (Å²) in [6.45, 7) is 4.47. The molecule has 0 saturated heterocycles. The van der Waals surface area contributed by atoms with E-state index in [-0.39, 0.29) is 34.3 Å². The number of benzene rings is 7. The Morgan fingerprint density at radius 2 is 0.776 bits per heavy atom. The first-order valence-electron chi connectivity index (χ1n) is 22.9. The molecule has 0 N–H and O–H groups in total. The lowest BCUT2D eigenvalue weighted by Gasteiger charge is -2.28. The maximum absolute atomic E-state index is 14.9. The van der Waals surface area contributed by atoms with Gasteiger partial charge in [0.2, 0.25) is 0 Å². The van der Waals surface area contributed by atoms with Crippen LogP contribution in [0.4, 0.5) is 0 Å². The van der Waals surface area contributed by atoms with Crippen molar-refractivity contribution in [1.29, 1.82) is 0 Å². The first-order valence-corrected chi connectivity index (χ1v) is 22.9. The Hall–Kier alpha value is -4.84. The minimum atomic E-state index is -0.155. The minimum Gasteiger partial charge on any atom is -0.271 e. The molecule has 0 radical (unpaired) electrons. The normalized spacial score (nSPS) is 16.6. The minimum absolute atomic E-state index is 0.0797. The van der Waals surface area contributed by atoms with Crippen molar-refractivity contribution >= 4 is 86.2 Å². The van der Waals surface area contributed by atoms with Gasteiger partial charge < -0.3 is 0 Å². The molecule has 0 unspecified atom stereocenters. The Bertz CT molecular complexity index is 3030. The molecule has 58 heavy (non-hydrogen) atoms. The van der Waals surface area contributed by atoms with Gasteiger partial charge in [-0.1, -0.05) is 103 Å². The Labute approximate surface area is 337 Å². The summed E-state index contributed by atoms with van der Waals surface area (Å²) in [4.78, 5) is 59.6. The third-order valence-electron chi connectivity index (χ3n) is 15.0. The van der Waals surface area contributed by atoms with Gasteiger partial charge in [0.05, 0.1) is 0 Å². The zero-order valence-corrected chi connectivity index (χ0v) is 34.3. The van der Waals surface area contributed by atoms with Crippen LogP contribution in [0.1, 0.15) is 153 Å². The summed E-state index contributed by atoms with van der Waals surface area (Å²) in [5.74, 6) is 0. The van der Waals surface area contributed by atoms with Gasteiger partial charge in [-0.05, 0) is 130 Å². The molecule has 2 saturated carbocycles. The number of unbranched alkanes of at least 4 members (excludes halogenated alkanes) is 6. The van der Waals surface area contributed by atoms with Crippen molar-refractivity contribution < 1.29 is 0 Å². The first kappa shape index (κ1) is 36.3. The number of nitrogens with zero attached hydrogens (tertiary/aromatic N) is 2. The first-order chi connectivity index (χ1) is 28.4. The standard InChI is InChI=1S/C52H54N2O4/c1-3-5-7-11-17-29-23-31-25-37-44-40(52(58)54(49(37)55)34-21-15-10-16-22-34)28-36-30(18-12-8-6-4-2)24-32-26-38-43-39(51(57)53(50(38)56)33-19-13-9-14-20-33)27-35(29)45-41(31)48(44)46(36)42(32)47(43)45/h23-28,33-34H,3-22H2,1-2H3. The van der Waals surface area contributed by atoms with E-state index in [2.05, 4.69) is 50.2 Å². The molecule has 9 aromatic rings. The van der Waals surface area contributed by atoms with Gasteiger partial charge in [-0.2, -0.15) is 0 Å². The molecule has 6 nitrogen and oxygen atoms in total. The highest BCUT2D eigenvalue weighted by molar-refractivity contribution is 6.50. The molecule has 2 aliphatic carbocycles. The largest absolute Gasteiger partial charge is 0.271 e. The van der Waals surface area contributed by atoms with Crippen molar-refractivity contribution in [3.05, 3.63) is 88.9 Å². The second kappa shape index (κ2) is 13.9. The van der Waals surface area contributed by atoms with Gasteiger partial charge >= 0.3 is 0 Å². The molecule has 0 atom stereocenters. The van der Waals surface area contributed by atoms with E-state index in [1.54, 1.807) is 9.13 Å². The van der Waals surface area contributed by atoms with Gasteiger partial charge in [-0.3, -0.25) is 28.3 Å². The van der Waals surface area contributed by atoms with Crippen molar-refractivity contribution in [2.24, 2.45) is 0 Å². The lowest BCUT2D eigenvalue weighted by atomic mass is 9.77. The van der Waals surface area contributed by atoms with Crippen LogP contribution in [0.5, 0.6) is 0 Å². The summed E-state index contributed by atoms with van der Waals surface area (Å²) >= 11 is 0. The topological polar surface area (TPSA) is 78.1 Å². The van der Waals surface area contributed by atoms with E-state index in [0.29, 0.717) is 21.5 Å². The summed E-state index contributed by atoms with van der Waals surface area (Å²) in [6.07, 6.45) is 20.6. The summed E-state index contributed by atoms with van der Waals surface area (Å²) < 4.78 is 3.27. The average Bonchev–Trinajstić information content (AvgIpc) is 3.24. The van der Waals surface area contributed by atoms with Gasteiger partial charge in [0, 0.05) is 55.2 Å². The maximum atomic E-state index is 14.9. The van der Waals surface area contributed by atoms with Gasteiger partial charge in [0.1, 0.15) is 0 Å². The highest BCUT2D eigenvalue weighted by Gasteiger charge is 2.32. The summed E-state index contributed by atoms with van der Waals surface area (Å²) in [5.41, 5.74) is 1.78. The quantitative estimate of drug-likeness (QED) is 0.0704. The molecule has 6 heteroatoms. The average molecular weight is 771 g/mol. The molecule has 0 bridgehead atoms. The molecule has 2 fully saturated rings. The third kappa shape index (κ3) is 5.08. The van der Waals surface area contributed by atoms with Crippen LogP contribution in [-0.2, 0) is 12.8 Å². The van der Waals surface area contributed by atoms with Crippen LogP contribution in [0.15, 0.2) is 55.6 Å². The molecule has 2 heterocycles. The van der Waals surface area contributed by atoms with Crippen LogP contribution in [0.3, 0.4) is 0 Å². The lowest BCUT2D eigenvalue weighted by Crippen LogP contribution is -2.37. The summed E-state index contributed by atoms with van der Waals surface area (Å²) in [7, 11) is 0. The molecule has 2 aliphatic rings. The lowest BCUT2D eigenvalue weighted by molar-refractivity contribution is 0.342. The third-order valence-corrected chi connectivity index (χ3v) is 15.0. The van der Waals surface area contributed by atoms with Crippen LogP contribution in [0.25, 0.3) is 86.2 Å². The fourth-order valence-corrected chi connectivity index (χ4v) is 12.3. The molecular weight excluding hydrogens is 717 g/mol. The predicted molar refractivity (Wildman–Crippen MR) is 243 cm³/mol. The molecule has 0 aliphatic heterocycles. The summed E-state index contributed by atoms with van der Waals surface area (Å²) in [5, 5.41) is 14.7. The molecule has 0 amide bonds. The number of pyridine rings is 2. The fraction of sp³-hybridized carbons (Fsp3) is 0.462. The molecule has 7 aromatic carbocycles. The molecule has 296 valence electrons. The van der Waals surface area contributed by atoms with E-state index in [0.717, 1.165) is 180 Å². The van der Waals surface area contributed by atoms with Gasteiger partial charge in [-0.15, -0.1) is 0 Å². The van der Waals surface area contributed by atoms with Crippen LogP contribution < -0.4 is 22.2 Å². The van der Waals surface area contributed by atoms with E-state index in [4.69, 9.17) is 0 Å². The van der Waals surface area contributed by atoms with Crippen LogP contribution in [0.2, 0.25) is 0 Å². The van der Waals surface area contributed by atoms with Crippen molar-refractivity contribution in [3.63, 3.8) is 0 Å². The van der Waals surface area contributed by atoms with E-state index < -0.39 is 0 Å². The van der Waals surface area contributed by atoms with Crippen LogP contribution >= 0.6 is 0 Å². The zero-order valence-electron chi connectivity index (χ0n) is 34.3. The van der Waals surface area contributed by atoms with E-state index >= 15 is 0 Å². The van der Waals surface area contributed by atoms with Crippen LogP contribution in [0, 0.1) is 0 Å². The van der Waals surface area contributed by atoms with Crippen molar-refractivity contribution in [2.45, 2.75) is 154 Å². The summed E-state index contributed by atoms with van der Waals surface area (Å²) in [6, 6.07) is 12.9. The SMILES string of the molecule is CCCCCCc1cc2cc3c(=O)n(C4CCCCC4)c(=O)c4cc5c(CCCCCC)cc6cc7c(=O)n(C8CCCCC8)c(=O)c8cc1c1c2c(c34)c5c6c1c78. The van der Waals surface area contributed by atoms with E-state index in [1.807, 2.05) is 0 Å². The molecule has 2 aromatic heterocycles. The second-order valence-electron chi connectivity index (χ2n) is 18.5. The highest BCUT2D eigenvalue weighted by atomic mass is 16.2. The molecular formula is C52H54N2O4. The Kier molecular flexibility index (Phi) is 8.68. The van der Waals surface area contributed by atoms with E-state index in [9.17, 15) is 19.2 Å². The number of hydrogen-bond donors (Lipinski definition) is 0. The van der Waals surface area contributed by atoms with Crippen molar-refractivity contribution in [1.82, 2.24) is 9.13 Å². The highest BCUT2D eigenvalue weighted by Crippen LogP contribution is 2.53. The smallest absolute Gasteiger partial charge is 0.261 e. The van der Waals surface area contributed by atoms with Crippen molar-refractivity contribution in [2.75, 3.05) is 0 Å². The number of aryl methyl sites for hydroxylation is 2. The van der Waals surface area contributed by atoms with Gasteiger partial charge in [0.25, 0.3) is 22.2 Å². The Balaban J connectivity index is 1.35. The van der Waals surface area contributed by atoms with Crippen LogP contribution in [-0.4, -0.2) is 9.13 Å². The zero-order chi connectivity index (χ0) is 39.4. The van der Waals surface area contributed by atoms with Gasteiger partial charge in [0.15, 0.2) is 0 Å². The maximum Gasteiger partial charge on any atom is 0.261 e. The Morgan fingerprint density at radius 1 is 0.397 bits per heavy atom. The Morgan fingerprint density at radius 3 is 1.16 bits per heavy atom.